The van der Waals surface area contributed by atoms with E-state index in [2.05, 4.69) is 71.5 Å². The van der Waals surface area contributed by atoms with E-state index in [9.17, 15) is 0 Å². The average molecular weight is 428 g/mol. The van der Waals surface area contributed by atoms with E-state index in [-0.39, 0.29) is 12.4 Å². The summed E-state index contributed by atoms with van der Waals surface area (Å²) in [5, 5.41) is 8.94. The monoisotopic (exact) mass is 427 g/mol. The van der Waals surface area contributed by atoms with Gasteiger partial charge < -0.3 is 4.98 Å². The van der Waals surface area contributed by atoms with Crippen molar-refractivity contribution in [3.05, 3.63) is 113 Å². The molecule has 3 aromatic carbocycles. The molecule has 0 aliphatic rings. The minimum absolute atomic E-state index is 0. The van der Waals surface area contributed by atoms with Crippen molar-refractivity contribution in [1.29, 1.82) is 5.26 Å². The second-order valence-electron chi connectivity index (χ2n) is 7.62. The number of halogens is 1. The summed E-state index contributed by atoms with van der Waals surface area (Å²) >= 11 is 0. The highest BCUT2D eigenvalue weighted by Gasteiger charge is 2.09. The number of imidazole rings is 1. The quantitative estimate of drug-likeness (QED) is 0.365. The molecule has 0 spiro atoms. The lowest BCUT2D eigenvalue weighted by Crippen LogP contribution is -1.98. The number of hydrogen-bond donors (Lipinski definition) is 1. The molecule has 0 fully saturated rings. The molecule has 0 bridgehead atoms. The lowest BCUT2D eigenvalue weighted by atomic mass is 9.95. The highest BCUT2D eigenvalue weighted by atomic mass is 35.5. The number of H-pyrrole nitrogens is 1. The highest BCUT2D eigenvalue weighted by Crippen LogP contribution is 2.25. The molecule has 31 heavy (non-hydrogen) atoms. The minimum Gasteiger partial charge on any atom is -0.345 e. The summed E-state index contributed by atoms with van der Waals surface area (Å²) in [5.41, 5.74) is 8.19. The predicted molar refractivity (Wildman–Crippen MR) is 128 cm³/mol. The van der Waals surface area contributed by atoms with Crippen molar-refractivity contribution < 1.29 is 0 Å². The lowest BCUT2D eigenvalue weighted by molar-refractivity contribution is 0.893. The van der Waals surface area contributed by atoms with Gasteiger partial charge in [-0.2, -0.15) is 5.26 Å². The Labute approximate surface area is 190 Å². The summed E-state index contributed by atoms with van der Waals surface area (Å²) in [6.45, 7) is 2.22. The van der Waals surface area contributed by atoms with E-state index in [1.54, 1.807) is 0 Å². The first-order chi connectivity index (χ1) is 14.7. The molecule has 4 aromatic rings. The smallest absolute Gasteiger partial charge is 0.110 e. The van der Waals surface area contributed by atoms with Crippen LogP contribution in [0.5, 0.6) is 0 Å². The van der Waals surface area contributed by atoms with Crippen molar-refractivity contribution in [2.75, 3.05) is 0 Å². The Kier molecular flexibility index (Phi) is 7.65. The number of rotatable bonds is 7. The van der Waals surface area contributed by atoms with Gasteiger partial charge in [-0.25, -0.2) is 4.98 Å². The van der Waals surface area contributed by atoms with E-state index < -0.39 is 0 Å². The number of aryl methyl sites for hydroxylation is 1. The lowest BCUT2D eigenvalue weighted by Gasteiger charge is -2.11. The molecule has 156 valence electrons. The molecule has 1 heterocycles. The van der Waals surface area contributed by atoms with Gasteiger partial charge in [0.05, 0.1) is 11.6 Å². The normalized spacial score (nSPS) is 10.3. The third kappa shape index (κ3) is 5.63. The Hall–Kier alpha value is -3.35. The third-order valence-corrected chi connectivity index (χ3v) is 5.35. The van der Waals surface area contributed by atoms with Crippen LogP contribution in [0.1, 0.15) is 47.1 Å². The Balaban J connectivity index is 0.00000272. The van der Waals surface area contributed by atoms with Crippen LogP contribution in [0.25, 0.3) is 11.1 Å². The maximum absolute atomic E-state index is 8.94. The van der Waals surface area contributed by atoms with E-state index in [1.165, 1.54) is 27.8 Å². The fourth-order valence-electron chi connectivity index (χ4n) is 3.79. The first-order valence-corrected chi connectivity index (χ1v) is 10.4. The highest BCUT2D eigenvalue weighted by molar-refractivity contribution is 5.85. The molecule has 1 N–H and O–H groups in total. The molecule has 0 amide bonds. The van der Waals surface area contributed by atoms with Crippen molar-refractivity contribution >= 4 is 12.4 Å². The first-order valence-electron chi connectivity index (χ1n) is 10.4. The van der Waals surface area contributed by atoms with Crippen LogP contribution < -0.4 is 0 Å². The molecule has 4 rings (SSSR count). The van der Waals surface area contributed by atoms with Gasteiger partial charge in [0.25, 0.3) is 0 Å². The summed E-state index contributed by atoms with van der Waals surface area (Å²) in [6, 6.07) is 27.2. The number of hydrogen-bond acceptors (Lipinski definition) is 2. The van der Waals surface area contributed by atoms with Gasteiger partial charge in [0, 0.05) is 24.7 Å². The molecule has 0 aliphatic heterocycles. The van der Waals surface area contributed by atoms with Crippen LogP contribution in [-0.4, -0.2) is 9.97 Å². The van der Waals surface area contributed by atoms with Crippen LogP contribution in [0, 0.1) is 11.3 Å². The summed E-state index contributed by atoms with van der Waals surface area (Å²) in [5.74, 6) is 0.989. The average Bonchev–Trinajstić information content (AvgIpc) is 3.23. The van der Waals surface area contributed by atoms with Gasteiger partial charge >= 0.3 is 0 Å². The van der Waals surface area contributed by atoms with E-state index in [0.717, 1.165) is 37.2 Å². The Morgan fingerprint density at radius 3 is 2.35 bits per heavy atom. The van der Waals surface area contributed by atoms with Crippen molar-refractivity contribution in [2.24, 2.45) is 0 Å². The molecule has 0 saturated heterocycles. The third-order valence-electron chi connectivity index (χ3n) is 5.35. The van der Waals surface area contributed by atoms with Gasteiger partial charge in [0.15, 0.2) is 0 Å². The molecular formula is C27H26ClN3. The topological polar surface area (TPSA) is 52.5 Å². The zero-order valence-corrected chi connectivity index (χ0v) is 18.5. The van der Waals surface area contributed by atoms with E-state index in [4.69, 9.17) is 5.26 Å². The second kappa shape index (κ2) is 10.6. The van der Waals surface area contributed by atoms with E-state index in [1.807, 2.05) is 30.5 Å². The van der Waals surface area contributed by atoms with Crippen LogP contribution in [0.3, 0.4) is 0 Å². The van der Waals surface area contributed by atoms with Crippen LogP contribution in [0.4, 0.5) is 0 Å². The van der Waals surface area contributed by atoms with Crippen molar-refractivity contribution in [3.63, 3.8) is 0 Å². The van der Waals surface area contributed by atoms with Crippen molar-refractivity contribution in [1.82, 2.24) is 9.97 Å². The van der Waals surface area contributed by atoms with Gasteiger partial charge in [0.2, 0.25) is 0 Å². The maximum atomic E-state index is 8.94. The van der Waals surface area contributed by atoms with Crippen LogP contribution in [0.2, 0.25) is 0 Å². The molecule has 0 radical (unpaired) electrons. The van der Waals surface area contributed by atoms with Gasteiger partial charge in [-0.05, 0) is 46.4 Å². The number of aromatic nitrogens is 2. The van der Waals surface area contributed by atoms with Gasteiger partial charge in [-0.1, -0.05) is 74.0 Å². The van der Waals surface area contributed by atoms with Crippen molar-refractivity contribution in [3.8, 4) is 17.2 Å². The Morgan fingerprint density at radius 2 is 1.65 bits per heavy atom. The summed E-state index contributed by atoms with van der Waals surface area (Å²) in [7, 11) is 0. The second-order valence-corrected chi connectivity index (χ2v) is 7.62. The maximum Gasteiger partial charge on any atom is 0.110 e. The standard InChI is InChI=1S/C27H25N3.ClH/c1-2-6-23-16-24(22-7-4-3-5-8-22)13-14-25(23)17-27-29-19-26(30-27)15-20-9-11-21(18-28)12-10-20;/h3-5,7-14,16,19H,2,6,15,17H2,1H3,(H,29,30);1H. The van der Waals surface area contributed by atoms with Gasteiger partial charge in [0.1, 0.15) is 5.82 Å². The molecule has 0 aliphatic carbocycles. The van der Waals surface area contributed by atoms with Gasteiger partial charge in [-0.15, -0.1) is 12.4 Å². The molecule has 1 aromatic heterocycles. The van der Waals surface area contributed by atoms with Crippen LogP contribution in [0.15, 0.2) is 79.0 Å². The van der Waals surface area contributed by atoms with Crippen LogP contribution >= 0.6 is 12.4 Å². The zero-order chi connectivity index (χ0) is 20.8. The molecule has 4 heteroatoms. The van der Waals surface area contributed by atoms with Gasteiger partial charge in [-0.3, -0.25) is 0 Å². The Morgan fingerprint density at radius 1 is 0.871 bits per heavy atom. The summed E-state index contributed by atoms with van der Waals surface area (Å²) in [6.07, 6.45) is 5.69. The number of aromatic amines is 1. The number of nitrogens with one attached hydrogen (secondary N) is 1. The van der Waals surface area contributed by atoms with Crippen LogP contribution in [-0.2, 0) is 19.3 Å². The molecular weight excluding hydrogens is 402 g/mol. The molecule has 0 unspecified atom stereocenters. The fraction of sp³-hybridized carbons (Fsp3) is 0.185. The number of nitrogens with zero attached hydrogens (tertiary/aromatic N) is 2. The molecule has 0 atom stereocenters. The molecule has 3 nitrogen and oxygen atoms in total. The van der Waals surface area contributed by atoms with E-state index in [0.29, 0.717) is 5.56 Å². The molecule has 0 saturated carbocycles. The van der Waals surface area contributed by atoms with E-state index >= 15 is 0 Å². The fourth-order valence-corrected chi connectivity index (χ4v) is 3.79. The predicted octanol–water partition coefficient (Wildman–Crippen LogP) is 6.50. The number of benzene rings is 3. The SMILES string of the molecule is CCCc1cc(-c2ccccc2)ccc1Cc1ncc(Cc2ccc(C#N)cc2)[nH]1.Cl. The minimum atomic E-state index is 0. The van der Waals surface area contributed by atoms with Crippen molar-refractivity contribution in [2.45, 2.75) is 32.6 Å². The Bertz CT molecular complexity index is 1160. The summed E-state index contributed by atoms with van der Waals surface area (Å²) < 4.78 is 0. The first kappa shape index (κ1) is 22.3. The largest absolute Gasteiger partial charge is 0.345 e. The zero-order valence-electron chi connectivity index (χ0n) is 17.6. The number of nitriles is 1. The summed E-state index contributed by atoms with van der Waals surface area (Å²) in [4.78, 5) is 8.09.